The van der Waals surface area contributed by atoms with Crippen molar-refractivity contribution in [3.63, 3.8) is 0 Å². The Hall–Kier alpha value is -3.78. The maximum absolute atomic E-state index is 14.0. The molecule has 0 saturated carbocycles. The molecule has 3 aromatic carbocycles. The first kappa shape index (κ1) is 28.2. The number of halogens is 2. The number of nitrogens with zero attached hydrogens (tertiary/aromatic N) is 2. The molecule has 0 fully saturated rings. The number of aromatic nitrogens is 3. The van der Waals surface area contributed by atoms with E-state index in [1.807, 2.05) is 0 Å². The quantitative estimate of drug-likeness (QED) is 0.113. The molecular weight excluding hydrogens is 640 g/mol. The summed E-state index contributed by atoms with van der Waals surface area (Å²) < 4.78 is 36.6. The first-order valence-corrected chi connectivity index (χ1v) is 13.2. The van der Waals surface area contributed by atoms with Crippen molar-refractivity contribution >= 4 is 46.4 Å². The van der Waals surface area contributed by atoms with Crippen molar-refractivity contribution in [1.82, 2.24) is 15.2 Å². The van der Waals surface area contributed by atoms with Gasteiger partial charge in [0.1, 0.15) is 28.8 Å². The minimum atomic E-state index is -1.15. The summed E-state index contributed by atoms with van der Waals surface area (Å²) in [5, 5.41) is 17.1. The standard InChI is InChI=1S/C27H23FIN3O6S/c1-35-18-11-17(12-19(13-18)36-2)25-30-27(32-31-25)39-23(26(33)34)10-15-8-21(29)24(22(9-15)37-3)38-14-16-6-4-5-7-20(16)28/h4-13H,14H2,1-3H3,(H,33,34)(H,30,31,32)/b23-10-. The van der Waals surface area contributed by atoms with Gasteiger partial charge >= 0.3 is 5.97 Å². The van der Waals surface area contributed by atoms with Crippen LogP contribution in [0.3, 0.4) is 0 Å². The molecule has 4 aromatic rings. The lowest BCUT2D eigenvalue weighted by Gasteiger charge is -2.14. The average molecular weight is 663 g/mol. The Morgan fingerprint density at radius 1 is 1.08 bits per heavy atom. The number of H-pyrrole nitrogens is 1. The molecule has 0 aliphatic heterocycles. The zero-order chi connectivity index (χ0) is 27.9. The van der Waals surface area contributed by atoms with Crippen LogP contribution < -0.4 is 18.9 Å². The normalized spacial score (nSPS) is 11.3. The van der Waals surface area contributed by atoms with E-state index in [-0.39, 0.29) is 22.5 Å². The van der Waals surface area contributed by atoms with Crippen LogP contribution in [-0.4, -0.2) is 47.6 Å². The molecule has 0 saturated heterocycles. The van der Waals surface area contributed by atoms with E-state index in [4.69, 9.17) is 18.9 Å². The summed E-state index contributed by atoms with van der Waals surface area (Å²) in [6, 6.07) is 15.0. The van der Waals surface area contributed by atoms with Gasteiger partial charge in [0.05, 0.1) is 24.9 Å². The summed E-state index contributed by atoms with van der Waals surface area (Å²) in [7, 11) is 4.56. The van der Waals surface area contributed by atoms with E-state index in [0.29, 0.717) is 49.1 Å². The van der Waals surface area contributed by atoms with Gasteiger partial charge in [-0.2, -0.15) is 0 Å². The van der Waals surface area contributed by atoms with E-state index < -0.39 is 5.97 Å². The molecule has 0 atom stereocenters. The largest absolute Gasteiger partial charge is 0.497 e. The van der Waals surface area contributed by atoms with Crippen LogP contribution in [0, 0.1) is 9.39 Å². The number of carboxylic acids is 1. The molecule has 0 unspecified atom stereocenters. The number of methoxy groups -OCH3 is 3. The lowest BCUT2D eigenvalue weighted by atomic mass is 10.2. The highest BCUT2D eigenvalue weighted by atomic mass is 127. The Morgan fingerprint density at radius 2 is 1.79 bits per heavy atom. The van der Waals surface area contributed by atoms with Crippen LogP contribution in [0.1, 0.15) is 11.1 Å². The number of aromatic amines is 1. The molecule has 1 aromatic heterocycles. The molecule has 0 aliphatic carbocycles. The number of aliphatic carboxylic acids is 1. The maximum atomic E-state index is 14.0. The van der Waals surface area contributed by atoms with Gasteiger partial charge in [0.25, 0.3) is 0 Å². The van der Waals surface area contributed by atoms with Gasteiger partial charge in [-0.1, -0.05) is 18.2 Å². The van der Waals surface area contributed by atoms with Gasteiger partial charge in [-0.3, -0.25) is 5.10 Å². The number of benzene rings is 3. The maximum Gasteiger partial charge on any atom is 0.342 e. The molecule has 0 aliphatic rings. The summed E-state index contributed by atoms with van der Waals surface area (Å²) in [5.74, 6) is 0.865. The first-order valence-electron chi connectivity index (χ1n) is 11.3. The molecule has 0 radical (unpaired) electrons. The third kappa shape index (κ3) is 7.00. The predicted octanol–water partition coefficient (Wildman–Crippen LogP) is 6.04. The summed E-state index contributed by atoms with van der Waals surface area (Å²) in [5.41, 5.74) is 1.63. The Balaban J connectivity index is 1.57. The van der Waals surface area contributed by atoms with Crippen LogP contribution in [0.5, 0.6) is 23.0 Å². The van der Waals surface area contributed by atoms with Crippen molar-refractivity contribution in [3.8, 4) is 34.4 Å². The van der Waals surface area contributed by atoms with Gasteiger partial charge in [0.15, 0.2) is 17.3 Å². The van der Waals surface area contributed by atoms with Crippen LogP contribution >= 0.6 is 34.4 Å². The molecular formula is C27H23FIN3O6S. The lowest BCUT2D eigenvalue weighted by Crippen LogP contribution is -2.02. The number of hydrogen-bond acceptors (Lipinski definition) is 8. The fourth-order valence-electron chi connectivity index (χ4n) is 3.48. The van der Waals surface area contributed by atoms with Gasteiger partial charge in [-0.05, 0) is 76.3 Å². The number of thioether (sulfide) groups is 1. The molecule has 0 bridgehead atoms. The van der Waals surface area contributed by atoms with E-state index in [9.17, 15) is 14.3 Å². The van der Waals surface area contributed by atoms with Crippen molar-refractivity contribution in [2.24, 2.45) is 0 Å². The number of ether oxygens (including phenoxy) is 4. The molecule has 9 nitrogen and oxygen atoms in total. The third-order valence-electron chi connectivity index (χ3n) is 5.38. The molecule has 2 N–H and O–H groups in total. The van der Waals surface area contributed by atoms with Crippen molar-refractivity contribution < 1.29 is 33.2 Å². The molecule has 4 rings (SSSR count). The number of nitrogens with one attached hydrogen (secondary N) is 1. The fourth-order valence-corrected chi connectivity index (χ4v) is 4.97. The lowest BCUT2D eigenvalue weighted by molar-refractivity contribution is -0.131. The van der Waals surface area contributed by atoms with Crippen molar-refractivity contribution in [2.45, 2.75) is 11.8 Å². The molecule has 12 heteroatoms. The summed E-state index contributed by atoms with van der Waals surface area (Å²) >= 11 is 2.95. The Labute approximate surface area is 241 Å². The van der Waals surface area contributed by atoms with Crippen molar-refractivity contribution in [2.75, 3.05) is 21.3 Å². The van der Waals surface area contributed by atoms with E-state index in [1.165, 1.54) is 19.3 Å². The van der Waals surface area contributed by atoms with Gasteiger partial charge in [-0.25, -0.2) is 14.2 Å². The second-order valence-electron chi connectivity index (χ2n) is 7.90. The number of rotatable bonds is 11. The van der Waals surface area contributed by atoms with E-state index in [1.54, 1.807) is 62.8 Å². The topological polar surface area (TPSA) is 116 Å². The fraction of sp³-hybridized carbons (Fsp3) is 0.148. The second-order valence-corrected chi connectivity index (χ2v) is 10.1. The van der Waals surface area contributed by atoms with E-state index in [0.717, 1.165) is 11.8 Å². The first-order chi connectivity index (χ1) is 18.8. The molecule has 1 heterocycles. The average Bonchev–Trinajstić information content (AvgIpc) is 3.41. The van der Waals surface area contributed by atoms with Gasteiger partial charge < -0.3 is 24.1 Å². The van der Waals surface area contributed by atoms with Crippen LogP contribution in [0.4, 0.5) is 4.39 Å². The van der Waals surface area contributed by atoms with Crippen LogP contribution in [0.15, 0.2) is 64.7 Å². The van der Waals surface area contributed by atoms with E-state index in [2.05, 4.69) is 37.8 Å². The zero-order valence-corrected chi connectivity index (χ0v) is 24.0. The van der Waals surface area contributed by atoms with Gasteiger partial charge in [-0.15, -0.1) is 5.10 Å². The van der Waals surface area contributed by atoms with Gasteiger partial charge in [0.2, 0.25) is 5.16 Å². The zero-order valence-electron chi connectivity index (χ0n) is 21.0. The second kappa shape index (κ2) is 12.8. The van der Waals surface area contributed by atoms with Crippen molar-refractivity contribution in [1.29, 1.82) is 0 Å². The van der Waals surface area contributed by atoms with Crippen LogP contribution in [0.25, 0.3) is 17.5 Å². The molecule has 39 heavy (non-hydrogen) atoms. The Bertz CT molecular complexity index is 1510. The van der Waals surface area contributed by atoms with Crippen LogP contribution in [0.2, 0.25) is 0 Å². The molecule has 202 valence electrons. The van der Waals surface area contributed by atoms with Crippen molar-refractivity contribution in [3.05, 3.63) is 80.0 Å². The monoisotopic (exact) mass is 663 g/mol. The molecule has 0 spiro atoms. The van der Waals surface area contributed by atoms with Crippen LogP contribution in [-0.2, 0) is 11.4 Å². The Kier molecular flexibility index (Phi) is 9.30. The highest BCUT2D eigenvalue weighted by Gasteiger charge is 2.18. The summed E-state index contributed by atoms with van der Waals surface area (Å²) in [4.78, 5) is 16.5. The number of carbonyl (C=O) groups is 1. The minimum absolute atomic E-state index is 0.0107. The molecule has 0 amide bonds. The Morgan fingerprint density at radius 3 is 2.44 bits per heavy atom. The summed E-state index contributed by atoms with van der Waals surface area (Å²) in [6.07, 6.45) is 1.49. The third-order valence-corrected chi connectivity index (χ3v) is 7.06. The SMILES string of the molecule is COc1cc(OC)cc(-c2nc(S/C(=C\c3cc(I)c(OCc4ccccc4F)c(OC)c3)C(=O)O)n[nH]2)c1. The number of hydrogen-bond donors (Lipinski definition) is 2. The van der Waals surface area contributed by atoms with E-state index >= 15 is 0 Å². The minimum Gasteiger partial charge on any atom is -0.497 e. The predicted molar refractivity (Wildman–Crippen MR) is 153 cm³/mol. The smallest absolute Gasteiger partial charge is 0.342 e. The number of carboxylic acid groups (broad SMARTS) is 1. The highest BCUT2D eigenvalue weighted by Crippen LogP contribution is 2.37. The van der Waals surface area contributed by atoms with Gasteiger partial charge in [0, 0.05) is 17.2 Å². The highest BCUT2D eigenvalue weighted by molar-refractivity contribution is 14.1. The summed E-state index contributed by atoms with van der Waals surface area (Å²) in [6.45, 7) is 0.0107.